The van der Waals surface area contributed by atoms with Crippen molar-refractivity contribution in [3.05, 3.63) is 45.7 Å². The maximum atomic E-state index is 12.9. The summed E-state index contributed by atoms with van der Waals surface area (Å²) in [6, 6.07) is 8.28. The van der Waals surface area contributed by atoms with Gasteiger partial charge in [0.25, 0.3) is 5.56 Å². The molecule has 2 aromatic rings. The van der Waals surface area contributed by atoms with E-state index in [1.165, 1.54) is 5.56 Å². The first kappa shape index (κ1) is 27.6. The predicted octanol–water partition coefficient (Wildman–Crippen LogP) is 3.22. The van der Waals surface area contributed by atoms with E-state index < -0.39 is 0 Å². The lowest BCUT2D eigenvalue weighted by Crippen LogP contribution is -2.43. The molecule has 8 heteroatoms. The van der Waals surface area contributed by atoms with Crippen LogP contribution in [0.15, 0.2) is 29.1 Å². The number of rotatable bonds is 13. The summed E-state index contributed by atoms with van der Waals surface area (Å²) >= 11 is 5.81. The highest BCUT2D eigenvalue weighted by molar-refractivity contribution is 7.80. The fraction of sp³-hybridized carbons (Fsp3) is 0.630. The molecule has 1 aromatic carbocycles. The minimum absolute atomic E-state index is 0.0365. The Bertz CT molecular complexity index is 985. The Kier molecular flexibility index (Phi) is 11.5. The van der Waals surface area contributed by atoms with Gasteiger partial charge in [0, 0.05) is 37.3 Å². The third-order valence-electron chi connectivity index (χ3n) is 6.87. The second-order valence-corrected chi connectivity index (χ2v) is 9.63. The molecule has 0 saturated carbocycles. The van der Waals surface area contributed by atoms with Gasteiger partial charge in [-0.05, 0) is 86.8 Å². The number of H-pyrrole nitrogens is 1. The van der Waals surface area contributed by atoms with Gasteiger partial charge in [0.2, 0.25) is 0 Å². The van der Waals surface area contributed by atoms with Gasteiger partial charge in [0.15, 0.2) is 5.11 Å². The number of nitrogens with zero attached hydrogens (tertiary/aromatic N) is 3. The van der Waals surface area contributed by atoms with Crippen molar-refractivity contribution in [2.45, 2.75) is 46.6 Å². The van der Waals surface area contributed by atoms with Crippen molar-refractivity contribution in [3.8, 4) is 0 Å². The number of morpholine rings is 1. The first-order valence-electron chi connectivity index (χ1n) is 13.2. The van der Waals surface area contributed by atoms with Gasteiger partial charge in [0.1, 0.15) is 0 Å². The maximum absolute atomic E-state index is 12.9. The SMILES string of the molecule is CCc1ccc2[nH]c(=O)c(CN(CCCN(CC)CC)C(=S)NCCCN3CCOCC3)cc2c1. The lowest BCUT2D eigenvalue weighted by Gasteiger charge is -2.28. The number of nitrogens with one attached hydrogen (secondary N) is 2. The number of aromatic amines is 1. The summed E-state index contributed by atoms with van der Waals surface area (Å²) in [5.74, 6) is 0. The molecule has 2 N–H and O–H groups in total. The van der Waals surface area contributed by atoms with Crippen LogP contribution >= 0.6 is 12.2 Å². The van der Waals surface area contributed by atoms with Gasteiger partial charge in [-0.25, -0.2) is 0 Å². The Morgan fingerprint density at radius 2 is 1.89 bits per heavy atom. The van der Waals surface area contributed by atoms with Crippen LogP contribution in [0.5, 0.6) is 0 Å². The quantitative estimate of drug-likeness (QED) is 0.323. The summed E-state index contributed by atoms with van der Waals surface area (Å²) in [6.45, 7) is 16.5. The van der Waals surface area contributed by atoms with E-state index in [0.717, 1.165) is 106 Å². The van der Waals surface area contributed by atoms with E-state index in [9.17, 15) is 4.79 Å². The molecule has 3 rings (SSSR count). The zero-order valence-corrected chi connectivity index (χ0v) is 22.6. The summed E-state index contributed by atoms with van der Waals surface area (Å²) < 4.78 is 5.44. The van der Waals surface area contributed by atoms with Crippen LogP contribution in [0.4, 0.5) is 0 Å². The molecule has 0 amide bonds. The summed E-state index contributed by atoms with van der Waals surface area (Å²) in [5, 5.41) is 5.26. The van der Waals surface area contributed by atoms with E-state index in [1.54, 1.807) is 0 Å². The maximum Gasteiger partial charge on any atom is 0.253 e. The predicted molar refractivity (Wildman–Crippen MR) is 149 cm³/mol. The van der Waals surface area contributed by atoms with Gasteiger partial charge >= 0.3 is 0 Å². The molecule has 0 aliphatic carbocycles. The normalized spacial score (nSPS) is 14.5. The van der Waals surface area contributed by atoms with Crippen LogP contribution in [0, 0.1) is 0 Å². The lowest BCUT2D eigenvalue weighted by molar-refractivity contribution is 0.0376. The van der Waals surface area contributed by atoms with Crippen LogP contribution in [0.2, 0.25) is 0 Å². The first-order chi connectivity index (χ1) is 17.0. The molecule has 7 nitrogen and oxygen atoms in total. The van der Waals surface area contributed by atoms with Crippen molar-refractivity contribution in [3.63, 3.8) is 0 Å². The molecule has 0 atom stereocenters. The summed E-state index contributed by atoms with van der Waals surface area (Å²) in [7, 11) is 0. The van der Waals surface area contributed by atoms with E-state index in [-0.39, 0.29) is 5.56 Å². The van der Waals surface area contributed by atoms with Gasteiger partial charge in [0.05, 0.1) is 19.8 Å². The molecule has 0 unspecified atom stereocenters. The van der Waals surface area contributed by atoms with Crippen LogP contribution in [-0.2, 0) is 17.7 Å². The van der Waals surface area contributed by atoms with Crippen LogP contribution in [-0.4, -0.2) is 90.4 Å². The average molecular weight is 502 g/mol. The topological polar surface area (TPSA) is 63.8 Å². The van der Waals surface area contributed by atoms with Gasteiger partial charge in [-0.3, -0.25) is 9.69 Å². The monoisotopic (exact) mass is 501 g/mol. The molecule has 1 fully saturated rings. The van der Waals surface area contributed by atoms with E-state index in [1.807, 2.05) is 12.1 Å². The summed E-state index contributed by atoms with van der Waals surface area (Å²) in [4.78, 5) is 23.0. The smallest absolute Gasteiger partial charge is 0.253 e. The van der Waals surface area contributed by atoms with Crippen LogP contribution < -0.4 is 10.9 Å². The van der Waals surface area contributed by atoms with E-state index >= 15 is 0 Å². The van der Waals surface area contributed by atoms with Crippen molar-refractivity contribution in [1.82, 2.24) is 25.0 Å². The highest BCUT2D eigenvalue weighted by Gasteiger charge is 2.15. The Hall–Kier alpha value is -2.00. The fourth-order valence-electron chi connectivity index (χ4n) is 4.56. The zero-order chi connectivity index (χ0) is 25.0. The summed E-state index contributed by atoms with van der Waals surface area (Å²) in [6.07, 6.45) is 3.01. The second kappa shape index (κ2) is 14.5. The molecular formula is C27H43N5O2S. The number of aryl methyl sites for hydroxylation is 1. The van der Waals surface area contributed by atoms with E-state index in [0.29, 0.717) is 6.54 Å². The molecule has 0 spiro atoms. The van der Waals surface area contributed by atoms with Gasteiger partial charge < -0.3 is 24.8 Å². The van der Waals surface area contributed by atoms with Gasteiger partial charge in [-0.15, -0.1) is 0 Å². The molecule has 1 aliphatic rings. The van der Waals surface area contributed by atoms with Crippen LogP contribution in [0.25, 0.3) is 10.9 Å². The summed E-state index contributed by atoms with van der Waals surface area (Å²) in [5.41, 5.74) is 2.87. The van der Waals surface area contributed by atoms with Gasteiger partial charge in [-0.2, -0.15) is 0 Å². The molecule has 194 valence electrons. The molecule has 0 radical (unpaired) electrons. The van der Waals surface area contributed by atoms with Crippen molar-refractivity contribution < 1.29 is 4.74 Å². The third-order valence-corrected chi connectivity index (χ3v) is 7.27. The van der Waals surface area contributed by atoms with Crippen molar-refractivity contribution in [2.75, 3.05) is 65.6 Å². The molecule has 35 heavy (non-hydrogen) atoms. The highest BCUT2D eigenvalue weighted by Crippen LogP contribution is 2.15. The minimum Gasteiger partial charge on any atom is -0.379 e. The number of ether oxygens (including phenoxy) is 1. The largest absolute Gasteiger partial charge is 0.379 e. The second-order valence-electron chi connectivity index (χ2n) is 9.24. The Morgan fingerprint density at radius 3 is 2.60 bits per heavy atom. The Morgan fingerprint density at radius 1 is 1.11 bits per heavy atom. The minimum atomic E-state index is -0.0365. The van der Waals surface area contributed by atoms with Crippen molar-refractivity contribution >= 4 is 28.2 Å². The number of hydrogen-bond acceptors (Lipinski definition) is 5. The number of pyridine rings is 1. The molecule has 1 aromatic heterocycles. The number of thiocarbonyl (C=S) groups is 1. The first-order valence-corrected chi connectivity index (χ1v) is 13.6. The van der Waals surface area contributed by atoms with Crippen LogP contribution in [0.3, 0.4) is 0 Å². The van der Waals surface area contributed by atoms with Crippen LogP contribution in [0.1, 0.15) is 44.7 Å². The molecule has 0 bridgehead atoms. The fourth-order valence-corrected chi connectivity index (χ4v) is 4.81. The standard InChI is InChI=1S/C27H43N5O2S/c1-4-22-9-10-25-23(19-22)20-24(26(33)29-25)21-32(14-8-13-30(5-2)6-3)27(35)28-11-7-12-31-15-17-34-18-16-31/h9-10,19-20H,4-8,11-18,21H2,1-3H3,(H,28,35)(H,29,33). The third kappa shape index (κ3) is 8.56. The number of hydrogen-bond donors (Lipinski definition) is 2. The van der Waals surface area contributed by atoms with Crippen molar-refractivity contribution in [2.24, 2.45) is 0 Å². The van der Waals surface area contributed by atoms with Gasteiger partial charge in [-0.1, -0.05) is 26.8 Å². The number of benzene rings is 1. The molecular weight excluding hydrogens is 458 g/mol. The molecule has 1 aliphatic heterocycles. The average Bonchev–Trinajstić information content (AvgIpc) is 2.89. The zero-order valence-electron chi connectivity index (χ0n) is 21.8. The highest BCUT2D eigenvalue weighted by atomic mass is 32.1. The number of fused-ring (bicyclic) bond motifs is 1. The molecule has 1 saturated heterocycles. The Labute approximate surface area is 215 Å². The van der Waals surface area contributed by atoms with E-state index in [4.69, 9.17) is 17.0 Å². The molecule has 2 heterocycles. The van der Waals surface area contributed by atoms with E-state index in [2.05, 4.69) is 57.9 Å². The lowest BCUT2D eigenvalue weighted by atomic mass is 10.1. The van der Waals surface area contributed by atoms with Crippen molar-refractivity contribution in [1.29, 1.82) is 0 Å². The number of aromatic nitrogens is 1. The Balaban J connectivity index is 1.65.